The summed E-state index contributed by atoms with van der Waals surface area (Å²) in [5, 5.41) is 9.67. The van der Waals surface area contributed by atoms with E-state index in [9.17, 15) is 5.11 Å². The Kier molecular flexibility index (Phi) is 4.58. The van der Waals surface area contributed by atoms with Gasteiger partial charge in [0.25, 0.3) is 0 Å². The minimum Gasteiger partial charge on any atom is -0.507 e. The van der Waals surface area contributed by atoms with Crippen LogP contribution < -0.4 is 4.74 Å². The van der Waals surface area contributed by atoms with Gasteiger partial charge in [-0.25, -0.2) is 0 Å². The first-order chi connectivity index (χ1) is 9.19. The van der Waals surface area contributed by atoms with Crippen LogP contribution in [0.1, 0.15) is 11.1 Å². The van der Waals surface area contributed by atoms with Crippen LogP contribution in [-0.4, -0.2) is 18.4 Å². The fourth-order valence-corrected chi connectivity index (χ4v) is 1.99. The number of methoxy groups -OCH3 is 1. The maximum absolute atomic E-state index is 9.67. The van der Waals surface area contributed by atoms with Crippen molar-refractivity contribution < 1.29 is 9.84 Å². The minimum absolute atomic E-state index is 0.224. The number of aromatic hydroxyl groups is 1. The third kappa shape index (κ3) is 3.83. The lowest BCUT2D eigenvalue weighted by molar-refractivity contribution is 0.414. The van der Waals surface area contributed by atoms with E-state index in [0.717, 1.165) is 15.8 Å². The van der Waals surface area contributed by atoms with Crippen LogP contribution in [0.2, 0.25) is 0 Å². The van der Waals surface area contributed by atoms with Crippen molar-refractivity contribution in [2.75, 3.05) is 7.11 Å². The largest absolute Gasteiger partial charge is 0.507 e. The van der Waals surface area contributed by atoms with Gasteiger partial charge in [-0.2, -0.15) is 0 Å². The van der Waals surface area contributed by atoms with Gasteiger partial charge in [0.1, 0.15) is 11.5 Å². The molecule has 0 amide bonds. The molecular formula is C15H14BrNO2. The first-order valence-electron chi connectivity index (χ1n) is 5.80. The molecule has 0 unspecified atom stereocenters. The number of aliphatic imine (C=N–C) groups is 1. The van der Waals surface area contributed by atoms with Crippen molar-refractivity contribution in [3.8, 4) is 11.5 Å². The maximum atomic E-state index is 9.67. The molecule has 0 aromatic heterocycles. The zero-order valence-electron chi connectivity index (χ0n) is 10.5. The minimum atomic E-state index is 0.224. The van der Waals surface area contributed by atoms with Crippen LogP contribution in [0, 0.1) is 0 Å². The maximum Gasteiger partial charge on any atom is 0.124 e. The number of benzene rings is 2. The fraction of sp³-hybridized carbons (Fsp3) is 0.133. The molecule has 4 heteroatoms. The van der Waals surface area contributed by atoms with E-state index in [4.69, 9.17) is 4.74 Å². The lowest BCUT2D eigenvalue weighted by atomic mass is 10.2. The highest BCUT2D eigenvalue weighted by Gasteiger charge is 1.98. The second kappa shape index (κ2) is 6.38. The summed E-state index contributed by atoms with van der Waals surface area (Å²) in [6.07, 6.45) is 1.67. The number of phenols is 1. The van der Waals surface area contributed by atoms with E-state index < -0.39 is 0 Å². The first-order valence-corrected chi connectivity index (χ1v) is 6.59. The van der Waals surface area contributed by atoms with Gasteiger partial charge in [0.05, 0.1) is 13.7 Å². The summed E-state index contributed by atoms with van der Waals surface area (Å²) in [6, 6.07) is 13.0. The summed E-state index contributed by atoms with van der Waals surface area (Å²) >= 11 is 3.36. The van der Waals surface area contributed by atoms with E-state index in [0.29, 0.717) is 12.1 Å². The van der Waals surface area contributed by atoms with Crippen LogP contribution >= 0.6 is 15.9 Å². The molecule has 0 spiro atoms. The highest BCUT2D eigenvalue weighted by molar-refractivity contribution is 9.10. The summed E-state index contributed by atoms with van der Waals surface area (Å²) < 4.78 is 6.01. The van der Waals surface area contributed by atoms with Gasteiger partial charge in [-0.1, -0.05) is 28.1 Å². The average molecular weight is 320 g/mol. The van der Waals surface area contributed by atoms with E-state index in [1.54, 1.807) is 25.5 Å². The molecule has 0 aliphatic heterocycles. The van der Waals surface area contributed by atoms with Crippen LogP contribution in [-0.2, 0) is 6.54 Å². The molecule has 1 N–H and O–H groups in total. The molecule has 0 saturated heterocycles. The Balaban J connectivity index is 2.04. The van der Waals surface area contributed by atoms with Crippen molar-refractivity contribution in [3.63, 3.8) is 0 Å². The lowest BCUT2D eigenvalue weighted by Gasteiger charge is -2.01. The van der Waals surface area contributed by atoms with Crippen LogP contribution in [0.3, 0.4) is 0 Å². The Hall–Kier alpha value is -1.81. The van der Waals surface area contributed by atoms with Gasteiger partial charge < -0.3 is 9.84 Å². The quantitative estimate of drug-likeness (QED) is 0.871. The van der Waals surface area contributed by atoms with E-state index in [1.807, 2.05) is 30.3 Å². The molecule has 0 aliphatic carbocycles. The topological polar surface area (TPSA) is 41.8 Å². The van der Waals surface area contributed by atoms with Gasteiger partial charge in [-0.05, 0) is 35.9 Å². The monoisotopic (exact) mass is 319 g/mol. The van der Waals surface area contributed by atoms with Gasteiger partial charge in [0.2, 0.25) is 0 Å². The molecule has 98 valence electrons. The smallest absolute Gasteiger partial charge is 0.124 e. The molecular weight excluding hydrogens is 306 g/mol. The second-order valence-electron chi connectivity index (χ2n) is 4.02. The molecule has 19 heavy (non-hydrogen) atoms. The van der Waals surface area contributed by atoms with Crippen molar-refractivity contribution in [1.29, 1.82) is 0 Å². The Morgan fingerprint density at radius 2 is 1.95 bits per heavy atom. The van der Waals surface area contributed by atoms with Crippen LogP contribution in [0.15, 0.2) is 51.9 Å². The van der Waals surface area contributed by atoms with Crippen molar-refractivity contribution in [2.45, 2.75) is 6.54 Å². The fourth-order valence-electron chi connectivity index (χ4n) is 1.61. The number of hydrogen-bond donors (Lipinski definition) is 1. The van der Waals surface area contributed by atoms with Crippen LogP contribution in [0.4, 0.5) is 0 Å². The molecule has 0 bridgehead atoms. The summed E-state index contributed by atoms with van der Waals surface area (Å²) in [5.74, 6) is 1.05. The van der Waals surface area contributed by atoms with E-state index in [2.05, 4.69) is 20.9 Å². The molecule has 0 aliphatic rings. The Bertz CT molecular complexity index is 579. The normalized spacial score (nSPS) is 10.8. The number of rotatable bonds is 4. The van der Waals surface area contributed by atoms with Crippen molar-refractivity contribution in [2.24, 2.45) is 4.99 Å². The lowest BCUT2D eigenvalue weighted by Crippen LogP contribution is -1.87. The summed E-state index contributed by atoms with van der Waals surface area (Å²) in [4.78, 5) is 4.32. The van der Waals surface area contributed by atoms with Crippen molar-refractivity contribution in [3.05, 3.63) is 58.1 Å². The average Bonchev–Trinajstić information content (AvgIpc) is 2.43. The predicted molar refractivity (Wildman–Crippen MR) is 80.1 cm³/mol. The predicted octanol–water partition coefficient (Wildman–Crippen LogP) is 3.78. The molecule has 0 atom stereocenters. The van der Waals surface area contributed by atoms with E-state index >= 15 is 0 Å². The molecule has 2 rings (SSSR count). The summed E-state index contributed by atoms with van der Waals surface area (Å²) in [5.41, 5.74) is 1.79. The second-order valence-corrected chi connectivity index (χ2v) is 4.94. The molecule has 2 aromatic carbocycles. The van der Waals surface area contributed by atoms with Crippen LogP contribution in [0.5, 0.6) is 11.5 Å². The van der Waals surface area contributed by atoms with Gasteiger partial charge in [-0.15, -0.1) is 0 Å². The number of hydrogen-bond acceptors (Lipinski definition) is 3. The van der Waals surface area contributed by atoms with Crippen molar-refractivity contribution in [1.82, 2.24) is 0 Å². The molecule has 0 heterocycles. The van der Waals surface area contributed by atoms with Gasteiger partial charge in [0.15, 0.2) is 0 Å². The SMILES string of the molecule is COc1ccc(CN=Cc2cc(Br)ccc2O)cc1. The number of nitrogens with zero attached hydrogens (tertiary/aromatic N) is 1. The Morgan fingerprint density at radius 1 is 1.21 bits per heavy atom. The molecule has 3 nitrogen and oxygen atoms in total. The number of phenolic OH excluding ortho intramolecular Hbond substituents is 1. The van der Waals surface area contributed by atoms with E-state index in [-0.39, 0.29) is 5.75 Å². The third-order valence-electron chi connectivity index (χ3n) is 2.65. The highest BCUT2D eigenvalue weighted by Crippen LogP contribution is 2.20. The Labute approximate surface area is 120 Å². The third-order valence-corrected chi connectivity index (χ3v) is 3.15. The van der Waals surface area contributed by atoms with Gasteiger partial charge in [-0.3, -0.25) is 4.99 Å². The van der Waals surface area contributed by atoms with E-state index in [1.165, 1.54) is 0 Å². The summed E-state index contributed by atoms with van der Waals surface area (Å²) in [7, 11) is 1.64. The first kappa shape index (κ1) is 13.6. The number of ether oxygens (including phenoxy) is 1. The molecule has 0 fully saturated rings. The van der Waals surface area contributed by atoms with Gasteiger partial charge in [0, 0.05) is 16.3 Å². The standard InChI is InChI=1S/C15H14BrNO2/c1-19-14-5-2-11(3-6-14)9-17-10-12-8-13(16)4-7-15(12)18/h2-8,10,18H,9H2,1H3. The van der Waals surface area contributed by atoms with Gasteiger partial charge >= 0.3 is 0 Å². The zero-order chi connectivity index (χ0) is 13.7. The number of halogens is 1. The molecule has 0 radical (unpaired) electrons. The van der Waals surface area contributed by atoms with Crippen LogP contribution in [0.25, 0.3) is 0 Å². The molecule has 0 saturated carbocycles. The Morgan fingerprint density at radius 3 is 2.63 bits per heavy atom. The van der Waals surface area contributed by atoms with Crippen molar-refractivity contribution >= 4 is 22.1 Å². The molecule has 2 aromatic rings. The summed E-state index contributed by atoms with van der Waals surface area (Å²) in [6.45, 7) is 0.565. The highest BCUT2D eigenvalue weighted by atomic mass is 79.9. The zero-order valence-corrected chi connectivity index (χ0v) is 12.1.